The Morgan fingerprint density at radius 3 is 2.19 bits per heavy atom. The zero-order valence-electron chi connectivity index (χ0n) is 13.2. The van der Waals surface area contributed by atoms with Crippen LogP contribution in [0.4, 0.5) is 17.2 Å². The molecule has 1 heterocycles. The van der Waals surface area contributed by atoms with Gasteiger partial charge in [-0.2, -0.15) is 5.26 Å². The summed E-state index contributed by atoms with van der Waals surface area (Å²) in [6.07, 6.45) is 0. The Morgan fingerprint density at radius 1 is 0.923 bits per heavy atom. The van der Waals surface area contributed by atoms with Crippen molar-refractivity contribution in [2.75, 3.05) is 10.6 Å². The van der Waals surface area contributed by atoms with Crippen LogP contribution in [0.15, 0.2) is 54.6 Å². The van der Waals surface area contributed by atoms with Crippen molar-refractivity contribution in [2.45, 2.75) is 0 Å². The Balaban J connectivity index is 1.68. The molecule has 0 aliphatic heterocycles. The molecule has 0 radical (unpaired) electrons. The molecule has 1 amide bonds. The predicted molar refractivity (Wildman–Crippen MR) is 101 cm³/mol. The van der Waals surface area contributed by atoms with Gasteiger partial charge >= 0.3 is 0 Å². The molecule has 0 spiro atoms. The molecule has 0 saturated carbocycles. The van der Waals surface area contributed by atoms with Crippen LogP contribution in [0, 0.1) is 11.3 Å². The van der Waals surface area contributed by atoms with Gasteiger partial charge in [-0.15, -0.1) is 10.2 Å². The minimum Gasteiger partial charge on any atom is -0.339 e. The number of nitrogens with zero attached hydrogens (tertiary/aromatic N) is 3. The second kappa shape index (κ2) is 7.83. The van der Waals surface area contributed by atoms with Gasteiger partial charge in [0, 0.05) is 21.4 Å². The van der Waals surface area contributed by atoms with E-state index in [0.29, 0.717) is 27.1 Å². The number of benzene rings is 2. The molecule has 3 rings (SSSR count). The molecule has 128 valence electrons. The maximum absolute atomic E-state index is 12.2. The van der Waals surface area contributed by atoms with E-state index in [1.165, 1.54) is 0 Å². The summed E-state index contributed by atoms with van der Waals surface area (Å²) in [5.41, 5.74) is 1.93. The van der Waals surface area contributed by atoms with Crippen LogP contribution in [0.2, 0.25) is 10.0 Å². The first-order valence-electron chi connectivity index (χ1n) is 7.42. The molecule has 0 aliphatic carbocycles. The van der Waals surface area contributed by atoms with E-state index in [-0.39, 0.29) is 5.69 Å². The quantitative estimate of drug-likeness (QED) is 0.683. The van der Waals surface area contributed by atoms with Gasteiger partial charge in [0.1, 0.15) is 0 Å². The van der Waals surface area contributed by atoms with Gasteiger partial charge in [0.15, 0.2) is 11.5 Å². The highest BCUT2D eigenvalue weighted by molar-refractivity contribution is 6.35. The summed E-state index contributed by atoms with van der Waals surface area (Å²) < 4.78 is 0. The molecular formula is C18H11Cl2N5O. The highest BCUT2D eigenvalue weighted by atomic mass is 35.5. The lowest BCUT2D eigenvalue weighted by Gasteiger charge is -2.07. The lowest BCUT2D eigenvalue weighted by molar-refractivity contribution is 0.102. The fourth-order valence-corrected chi connectivity index (χ4v) is 2.64. The Labute approximate surface area is 159 Å². The number of hydrogen-bond donors (Lipinski definition) is 2. The highest BCUT2D eigenvalue weighted by Gasteiger charge is 2.10. The summed E-state index contributed by atoms with van der Waals surface area (Å²) in [5, 5.41) is 23.2. The molecule has 0 saturated heterocycles. The van der Waals surface area contributed by atoms with Gasteiger partial charge in [0.2, 0.25) is 0 Å². The van der Waals surface area contributed by atoms with Crippen molar-refractivity contribution in [3.05, 3.63) is 75.9 Å². The van der Waals surface area contributed by atoms with Gasteiger partial charge in [-0.25, -0.2) is 0 Å². The van der Waals surface area contributed by atoms with Crippen LogP contribution in [-0.2, 0) is 0 Å². The van der Waals surface area contributed by atoms with Crippen molar-refractivity contribution in [3.8, 4) is 6.07 Å². The monoisotopic (exact) mass is 383 g/mol. The summed E-state index contributed by atoms with van der Waals surface area (Å²) in [5.74, 6) is 0.0396. The summed E-state index contributed by atoms with van der Waals surface area (Å²) in [6, 6.07) is 16.8. The van der Waals surface area contributed by atoms with Gasteiger partial charge in [-0.3, -0.25) is 4.79 Å². The summed E-state index contributed by atoms with van der Waals surface area (Å²) in [4.78, 5) is 12.2. The van der Waals surface area contributed by atoms with E-state index in [2.05, 4.69) is 20.8 Å². The van der Waals surface area contributed by atoms with Gasteiger partial charge < -0.3 is 10.6 Å². The largest absolute Gasteiger partial charge is 0.339 e. The van der Waals surface area contributed by atoms with Crippen molar-refractivity contribution in [1.82, 2.24) is 10.2 Å². The summed E-state index contributed by atoms with van der Waals surface area (Å²) in [7, 11) is 0. The number of nitrogens with one attached hydrogen (secondary N) is 2. The van der Waals surface area contributed by atoms with E-state index < -0.39 is 5.91 Å². The van der Waals surface area contributed by atoms with Crippen LogP contribution in [0.25, 0.3) is 0 Å². The molecule has 26 heavy (non-hydrogen) atoms. The molecule has 0 unspecified atom stereocenters. The molecule has 1 aromatic heterocycles. The standard InChI is InChI=1S/C18H11Cl2N5O/c19-12-7-13(20)9-15(8-12)23-18(26)16-5-6-17(25-24-16)22-14-3-1-11(10-21)2-4-14/h1-9H,(H,22,25)(H,23,26). The molecule has 6 nitrogen and oxygen atoms in total. The molecule has 3 aromatic rings. The van der Waals surface area contributed by atoms with E-state index in [1.807, 2.05) is 6.07 Å². The van der Waals surface area contributed by atoms with Crippen molar-refractivity contribution in [1.29, 1.82) is 5.26 Å². The number of aromatic nitrogens is 2. The zero-order chi connectivity index (χ0) is 18.5. The van der Waals surface area contributed by atoms with Crippen LogP contribution >= 0.6 is 23.2 Å². The molecule has 2 N–H and O–H groups in total. The van der Waals surface area contributed by atoms with Crippen molar-refractivity contribution in [2.24, 2.45) is 0 Å². The number of carbonyl (C=O) groups is 1. The normalized spacial score (nSPS) is 10.0. The lowest BCUT2D eigenvalue weighted by Crippen LogP contribution is -2.14. The van der Waals surface area contributed by atoms with Crippen molar-refractivity contribution >= 4 is 46.3 Å². The minimum absolute atomic E-state index is 0.145. The first-order valence-corrected chi connectivity index (χ1v) is 8.17. The minimum atomic E-state index is -0.430. The fourth-order valence-electron chi connectivity index (χ4n) is 2.12. The van der Waals surface area contributed by atoms with Crippen LogP contribution < -0.4 is 10.6 Å². The smallest absolute Gasteiger partial charge is 0.276 e. The number of hydrogen-bond acceptors (Lipinski definition) is 5. The van der Waals surface area contributed by atoms with Crippen molar-refractivity contribution in [3.63, 3.8) is 0 Å². The van der Waals surface area contributed by atoms with E-state index in [4.69, 9.17) is 28.5 Å². The Morgan fingerprint density at radius 2 is 1.62 bits per heavy atom. The lowest BCUT2D eigenvalue weighted by atomic mass is 10.2. The van der Waals surface area contributed by atoms with Crippen molar-refractivity contribution < 1.29 is 4.79 Å². The van der Waals surface area contributed by atoms with Crippen LogP contribution in [0.3, 0.4) is 0 Å². The number of carbonyl (C=O) groups excluding carboxylic acids is 1. The molecule has 0 bridgehead atoms. The Kier molecular flexibility index (Phi) is 5.32. The molecule has 0 atom stereocenters. The Bertz CT molecular complexity index is 962. The number of amides is 1. The van der Waals surface area contributed by atoms with Gasteiger partial charge in [-0.05, 0) is 54.6 Å². The molecule has 0 fully saturated rings. The zero-order valence-corrected chi connectivity index (χ0v) is 14.7. The third kappa shape index (κ3) is 4.48. The Hall–Kier alpha value is -3.14. The second-order valence-corrected chi connectivity index (χ2v) is 6.10. The molecule has 0 aliphatic rings. The van der Waals surface area contributed by atoms with E-state index >= 15 is 0 Å². The van der Waals surface area contributed by atoms with Crippen LogP contribution in [-0.4, -0.2) is 16.1 Å². The van der Waals surface area contributed by atoms with Gasteiger partial charge in [0.25, 0.3) is 5.91 Å². The van der Waals surface area contributed by atoms with Gasteiger partial charge in [0.05, 0.1) is 11.6 Å². The highest BCUT2D eigenvalue weighted by Crippen LogP contribution is 2.23. The third-order valence-corrected chi connectivity index (χ3v) is 3.74. The van der Waals surface area contributed by atoms with E-state index in [0.717, 1.165) is 5.69 Å². The molecule has 2 aromatic carbocycles. The number of anilines is 3. The third-order valence-electron chi connectivity index (χ3n) is 3.30. The van der Waals surface area contributed by atoms with E-state index in [1.54, 1.807) is 54.6 Å². The molecular weight excluding hydrogens is 373 g/mol. The topological polar surface area (TPSA) is 90.7 Å². The fraction of sp³-hybridized carbons (Fsp3) is 0. The first kappa shape index (κ1) is 17.7. The number of halogens is 2. The summed E-state index contributed by atoms with van der Waals surface area (Å²) >= 11 is 11.8. The SMILES string of the molecule is N#Cc1ccc(Nc2ccc(C(=O)Nc3cc(Cl)cc(Cl)c3)nn2)cc1. The van der Waals surface area contributed by atoms with Crippen LogP contribution in [0.1, 0.15) is 16.1 Å². The molecule has 8 heteroatoms. The van der Waals surface area contributed by atoms with Crippen LogP contribution in [0.5, 0.6) is 0 Å². The number of nitriles is 1. The first-order chi connectivity index (χ1) is 12.5. The van der Waals surface area contributed by atoms with Gasteiger partial charge in [-0.1, -0.05) is 23.2 Å². The van der Waals surface area contributed by atoms with E-state index in [9.17, 15) is 4.79 Å². The maximum Gasteiger partial charge on any atom is 0.276 e. The average Bonchev–Trinajstić information content (AvgIpc) is 2.62. The average molecular weight is 384 g/mol. The maximum atomic E-state index is 12.2. The summed E-state index contributed by atoms with van der Waals surface area (Å²) in [6.45, 7) is 0. The number of rotatable bonds is 4. The second-order valence-electron chi connectivity index (χ2n) is 5.23. The predicted octanol–water partition coefficient (Wildman–Crippen LogP) is 4.65.